The zero-order chi connectivity index (χ0) is 13.2. The van der Waals surface area contributed by atoms with Crippen molar-refractivity contribution in [2.75, 3.05) is 17.6 Å². The Kier molecular flexibility index (Phi) is 3.57. The van der Waals surface area contributed by atoms with Gasteiger partial charge in [-0.05, 0) is 29.6 Å². The van der Waals surface area contributed by atoms with Crippen molar-refractivity contribution in [3.05, 3.63) is 46.4 Å². The molecule has 0 spiro atoms. The number of nitrogens with two attached hydrogens (primary N) is 1. The molecule has 0 amide bonds. The molecule has 1 aromatic carbocycles. The quantitative estimate of drug-likeness (QED) is 0.823. The van der Waals surface area contributed by atoms with Gasteiger partial charge in [0.05, 0.1) is 5.69 Å². The average molecular weight is 264 g/mol. The minimum Gasteiger partial charge on any atom is -0.399 e. The van der Waals surface area contributed by atoms with E-state index in [0.717, 1.165) is 0 Å². The van der Waals surface area contributed by atoms with Crippen molar-refractivity contribution in [2.24, 2.45) is 0 Å². The molecule has 3 N–H and O–H groups in total. The molecule has 0 bridgehead atoms. The first kappa shape index (κ1) is 12.9. The molecular weight excluding hydrogens is 247 g/mol. The summed E-state index contributed by atoms with van der Waals surface area (Å²) in [5.41, 5.74) is 6.43. The number of rotatable bonds is 4. The van der Waals surface area contributed by atoms with Gasteiger partial charge in [0.2, 0.25) is 0 Å². The summed E-state index contributed by atoms with van der Waals surface area (Å²) in [5.74, 6) is -0.308. The number of benzene rings is 1. The normalized spacial score (nSPS) is 11.5. The Labute approximate surface area is 111 Å². The van der Waals surface area contributed by atoms with Crippen LogP contribution in [0.3, 0.4) is 0 Å². The predicted molar refractivity (Wildman–Crippen MR) is 76.6 cm³/mol. The van der Waals surface area contributed by atoms with Crippen molar-refractivity contribution in [2.45, 2.75) is 19.3 Å². The van der Waals surface area contributed by atoms with Crippen molar-refractivity contribution in [3.63, 3.8) is 0 Å². The summed E-state index contributed by atoms with van der Waals surface area (Å²) in [4.78, 5) is 1.28. The van der Waals surface area contributed by atoms with E-state index >= 15 is 0 Å². The molecule has 0 saturated carbocycles. The SMILES string of the molecule is CC(C)(CNc1ccc(N)cc1F)c1cccs1. The maximum Gasteiger partial charge on any atom is 0.148 e. The lowest BCUT2D eigenvalue weighted by molar-refractivity contribution is 0.564. The molecule has 96 valence electrons. The first-order chi connectivity index (χ1) is 8.49. The monoisotopic (exact) mass is 264 g/mol. The van der Waals surface area contributed by atoms with Gasteiger partial charge >= 0.3 is 0 Å². The molecule has 2 aromatic rings. The molecule has 0 fully saturated rings. The summed E-state index contributed by atoms with van der Waals surface area (Å²) in [6.07, 6.45) is 0. The summed E-state index contributed by atoms with van der Waals surface area (Å²) < 4.78 is 13.6. The van der Waals surface area contributed by atoms with Crippen molar-refractivity contribution >= 4 is 22.7 Å². The third kappa shape index (κ3) is 2.82. The molecule has 2 rings (SSSR count). The van der Waals surface area contributed by atoms with Gasteiger partial charge in [0.15, 0.2) is 0 Å². The number of halogens is 1. The van der Waals surface area contributed by atoms with Crippen molar-refractivity contribution < 1.29 is 4.39 Å². The van der Waals surface area contributed by atoms with E-state index in [1.807, 2.05) is 6.07 Å². The van der Waals surface area contributed by atoms with Crippen molar-refractivity contribution in [1.29, 1.82) is 0 Å². The maximum absolute atomic E-state index is 13.6. The van der Waals surface area contributed by atoms with Crippen LogP contribution in [0.1, 0.15) is 18.7 Å². The lowest BCUT2D eigenvalue weighted by atomic mass is 9.91. The largest absolute Gasteiger partial charge is 0.399 e. The molecule has 0 radical (unpaired) electrons. The van der Waals surface area contributed by atoms with Crippen molar-refractivity contribution in [1.82, 2.24) is 0 Å². The molecule has 0 saturated heterocycles. The van der Waals surface area contributed by atoms with E-state index in [4.69, 9.17) is 5.73 Å². The number of hydrogen-bond donors (Lipinski definition) is 2. The molecule has 0 unspecified atom stereocenters. The smallest absolute Gasteiger partial charge is 0.148 e. The Morgan fingerprint density at radius 2 is 2.11 bits per heavy atom. The first-order valence-electron chi connectivity index (χ1n) is 5.82. The average Bonchev–Trinajstić information content (AvgIpc) is 2.82. The lowest BCUT2D eigenvalue weighted by Gasteiger charge is -2.24. The van der Waals surface area contributed by atoms with E-state index in [0.29, 0.717) is 17.9 Å². The Balaban J connectivity index is 2.07. The lowest BCUT2D eigenvalue weighted by Crippen LogP contribution is -2.26. The predicted octanol–water partition coefficient (Wildman–Crippen LogP) is 3.86. The van der Waals surface area contributed by atoms with Gasteiger partial charge in [-0.15, -0.1) is 11.3 Å². The highest BCUT2D eigenvalue weighted by Crippen LogP contribution is 2.28. The Bertz CT molecular complexity index is 521. The fraction of sp³-hybridized carbons (Fsp3) is 0.286. The first-order valence-corrected chi connectivity index (χ1v) is 6.70. The molecular formula is C14H17FN2S. The van der Waals surface area contributed by atoms with Gasteiger partial charge in [-0.25, -0.2) is 4.39 Å². The molecule has 18 heavy (non-hydrogen) atoms. The van der Waals surface area contributed by atoms with Crippen LogP contribution in [0.25, 0.3) is 0 Å². The van der Waals surface area contributed by atoms with Gasteiger partial charge in [-0.3, -0.25) is 0 Å². The second-order valence-electron chi connectivity index (χ2n) is 4.95. The molecule has 0 aliphatic heterocycles. The van der Waals surface area contributed by atoms with Crippen LogP contribution in [-0.2, 0) is 5.41 Å². The van der Waals surface area contributed by atoms with E-state index in [2.05, 4.69) is 30.6 Å². The van der Waals surface area contributed by atoms with Gasteiger partial charge in [0, 0.05) is 22.5 Å². The van der Waals surface area contributed by atoms with Crippen LogP contribution in [0.5, 0.6) is 0 Å². The van der Waals surface area contributed by atoms with Crippen LogP contribution in [0.4, 0.5) is 15.8 Å². The second kappa shape index (κ2) is 4.98. The fourth-order valence-electron chi connectivity index (χ4n) is 1.74. The minimum atomic E-state index is -0.308. The second-order valence-corrected chi connectivity index (χ2v) is 5.90. The number of anilines is 2. The number of nitrogens with one attached hydrogen (secondary N) is 1. The van der Waals surface area contributed by atoms with E-state index in [1.54, 1.807) is 23.5 Å². The van der Waals surface area contributed by atoms with E-state index in [-0.39, 0.29) is 11.2 Å². The molecule has 0 aliphatic carbocycles. The Morgan fingerprint density at radius 3 is 2.72 bits per heavy atom. The van der Waals surface area contributed by atoms with Gasteiger partial charge in [-0.2, -0.15) is 0 Å². The molecule has 4 heteroatoms. The van der Waals surface area contributed by atoms with Gasteiger partial charge in [0.25, 0.3) is 0 Å². The zero-order valence-corrected chi connectivity index (χ0v) is 11.4. The Morgan fingerprint density at radius 1 is 1.33 bits per heavy atom. The number of nitrogen functional groups attached to an aromatic ring is 1. The molecule has 2 nitrogen and oxygen atoms in total. The topological polar surface area (TPSA) is 38.0 Å². The standard InChI is InChI=1S/C14H17FN2S/c1-14(2,13-4-3-7-18-13)9-17-12-6-5-10(16)8-11(12)15/h3-8,17H,9,16H2,1-2H3. The third-order valence-electron chi connectivity index (χ3n) is 2.90. The summed E-state index contributed by atoms with van der Waals surface area (Å²) in [6, 6.07) is 8.84. The van der Waals surface area contributed by atoms with E-state index in [1.165, 1.54) is 10.9 Å². The van der Waals surface area contributed by atoms with Gasteiger partial charge in [0.1, 0.15) is 5.82 Å². The number of hydrogen-bond acceptors (Lipinski definition) is 3. The summed E-state index contributed by atoms with van der Waals surface area (Å²) >= 11 is 1.72. The van der Waals surface area contributed by atoms with Crippen LogP contribution >= 0.6 is 11.3 Å². The van der Waals surface area contributed by atoms with Crippen LogP contribution in [0, 0.1) is 5.82 Å². The highest BCUT2D eigenvalue weighted by atomic mass is 32.1. The number of thiophene rings is 1. The Hall–Kier alpha value is -1.55. The van der Waals surface area contributed by atoms with Crippen LogP contribution in [0.15, 0.2) is 35.7 Å². The summed E-state index contributed by atoms with van der Waals surface area (Å²) in [6.45, 7) is 4.95. The van der Waals surface area contributed by atoms with Crippen LogP contribution in [-0.4, -0.2) is 6.54 Å². The summed E-state index contributed by atoms with van der Waals surface area (Å²) in [5, 5.41) is 5.20. The zero-order valence-electron chi connectivity index (χ0n) is 10.5. The van der Waals surface area contributed by atoms with Gasteiger partial charge < -0.3 is 11.1 Å². The molecule has 0 atom stereocenters. The van der Waals surface area contributed by atoms with E-state index < -0.39 is 0 Å². The maximum atomic E-state index is 13.6. The molecule has 0 aliphatic rings. The fourth-order valence-corrected chi connectivity index (χ4v) is 2.59. The highest BCUT2D eigenvalue weighted by Gasteiger charge is 2.21. The third-order valence-corrected chi connectivity index (χ3v) is 4.14. The summed E-state index contributed by atoms with van der Waals surface area (Å²) in [7, 11) is 0. The van der Waals surface area contributed by atoms with E-state index in [9.17, 15) is 4.39 Å². The van der Waals surface area contributed by atoms with Crippen molar-refractivity contribution in [3.8, 4) is 0 Å². The van der Waals surface area contributed by atoms with Gasteiger partial charge in [-0.1, -0.05) is 19.9 Å². The van der Waals surface area contributed by atoms with Crippen LogP contribution in [0.2, 0.25) is 0 Å². The van der Waals surface area contributed by atoms with Crippen LogP contribution < -0.4 is 11.1 Å². The molecule has 1 heterocycles. The molecule has 1 aromatic heterocycles. The minimum absolute atomic E-state index is 0.0258. The highest BCUT2D eigenvalue weighted by molar-refractivity contribution is 7.10.